The molecule has 158 valence electrons. The van der Waals surface area contributed by atoms with E-state index in [9.17, 15) is 22.0 Å². The molecule has 2 aromatic rings. The fourth-order valence-corrected chi connectivity index (χ4v) is 3.99. The number of carbonyl (C=O) groups is 1. The van der Waals surface area contributed by atoms with Gasteiger partial charge in [0.25, 0.3) is 5.91 Å². The lowest BCUT2D eigenvalue weighted by Crippen LogP contribution is -2.31. The first-order chi connectivity index (χ1) is 13.6. The van der Waals surface area contributed by atoms with Crippen LogP contribution in [0, 0.1) is 0 Å². The van der Waals surface area contributed by atoms with Crippen molar-refractivity contribution in [2.75, 3.05) is 7.11 Å². The molecular weight excluding hydrogens is 406 g/mol. The van der Waals surface area contributed by atoms with Gasteiger partial charge in [-0.15, -0.1) is 0 Å². The van der Waals surface area contributed by atoms with Crippen molar-refractivity contribution in [2.45, 2.75) is 37.9 Å². The molecule has 1 amide bonds. The summed E-state index contributed by atoms with van der Waals surface area (Å²) >= 11 is 0. The van der Waals surface area contributed by atoms with E-state index in [-0.39, 0.29) is 34.5 Å². The van der Waals surface area contributed by atoms with Crippen molar-refractivity contribution in [3.05, 3.63) is 53.6 Å². The first-order valence-corrected chi connectivity index (χ1v) is 10.1. The average Bonchev–Trinajstić information content (AvgIpc) is 2.65. The molecule has 0 aromatic heterocycles. The minimum absolute atomic E-state index is 0.0538. The highest BCUT2D eigenvalue weighted by Gasteiger charge is 2.22. The van der Waals surface area contributed by atoms with Gasteiger partial charge >= 0.3 is 6.61 Å². The molecule has 0 bridgehead atoms. The molecule has 0 atom stereocenters. The van der Waals surface area contributed by atoms with Gasteiger partial charge in [0.15, 0.2) is 0 Å². The standard InChI is InChI=1S/C19H22F2N2O5S/c1-12(2)23-29(25,26)17-10-13(8-9-16(17)27-3)18(24)22-11-14-6-4-5-7-15(14)28-19(20)21/h4-10,12,19,23H,11H2,1-3H3,(H,22,24). The van der Waals surface area contributed by atoms with E-state index < -0.39 is 22.5 Å². The van der Waals surface area contributed by atoms with Gasteiger partial charge in [-0.25, -0.2) is 13.1 Å². The summed E-state index contributed by atoms with van der Waals surface area (Å²) in [7, 11) is -2.58. The van der Waals surface area contributed by atoms with E-state index in [4.69, 9.17) is 4.74 Å². The summed E-state index contributed by atoms with van der Waals surface area (Å²) in [5.74, 6) is -0.548. The molecule has 0 saturated heterocycles. The van der Waals surface area contributed by atoms with Crippen LogP contribution >= 0.6 is 0 Å². The van der Waals surface area contributed by atoms with E-state index >= 15 is 0 Å². The maximum absolute atomic E-state index is 12.5. The Morgan fingerprint density at radius 2 is 1.79 bits per heavy atom. The van der Waals surface area contributed by atoms with Crippen molar-refractivity contribution in [1.29, 1.82) is 0 Å². The third-order valence-corrected chi connectivity index (χ3v) is 5.41. The summed E-state index contributed by atoms with van der Waals surface area (Å²) in [6.07, 6.45) is 0. The predicted octanol–water partition coefficient (Wildman–Crippen LogP) is 2.91. The molecule has 0 aliphatic rings. The van der Waals surface area contributed by atoms with Gasteiger partial charge in [-0.1, -0.05) is 18.2 Å². The second-order valence-electron chi connectivity index (χ2n) is 6.31. The monoisotopic (exact) mass is 428 g/mol. The number of rotatable bonds is 9. The van der Waals surface area contributed by atoms with Crippen LogP contribution in [-0.4, -0.2) is 34.1 Å². The number of para-hydroxylation sites is 1. The second-order valence-corrected chi connectivity index (χ2v) is 7.99. The Hall–Kier alpha value is -2.72. The molecule has 0 fully saturated rings. The number of hydrogen-bond acceptors (Lipinski definition) is 5. The number of hydrogen-bond donors (Lipinski definition) is 2. The van der Waals surface area contributed by atoms with Crippen LogP contribution in [0.25, 0.3) is 0 Å². The number of methoxy groups -OCH3 is 1. The van der Waals surface area contributed by atoms with Crippen molar-refractivity contribution < 1.29 is 31.5 Å². The summed E-state index contributed by atoms with van der Waals surface area (Å²) in [4.78, 5) is 12.3. The highest BCUT2D eigenvalue weighted by Crippen LogP contribution is 2.25. The first kappa shape index (κ1) is 22.6. The Bertz CT molecular complexity index is 965. The molecule has 2 rings (SSSR count). The summed E-state index contributed by atoms with van der Waals surface area (Å²) in [6, 6.07) is 9.68. The zero-order valence-corrected chi connectivity index (χ0v) is 16.9. The lowest BCUT2D eigenvalue weighted by molar-refractivity contribution is -0.0504. The third-order valence-electron chi connectivity index (χ3n) is 3.73. The number of nitrogens with one attached hydrogen (secondary N) is 2. The summed E-state index contributed by atoms with van der Waals surface area (Å²) in [5.41, 5.74) is 0.422. The number of amides is 1. The molecule has 29 heavy (non-hydrogen) atoms. The molecule has 2 aromatic carbocycles. The van der Waals surface area contributed by atoms with Gasteiger partial charge in [0.2, 0.25) is 10.0 Å². The molecule has 0 radical (unpaired) electrons. The maximum atomic E-state index is 12.5. The van der Waals surface area contributed by atoms with Crippen LogP contribution in [0.2, 0.25) is 0 Å². The largest absolute Gasteiger partial charge is 0.495 e. The van der Waals surface area contributed by atoms with Crippen molar-refractivity contribution in [3.8, 4) is 11.5 Å². The van der Waals surface area contributed by atoms with E-state index in [1.54, 1.807) is 19.9 Å². The summed E-state index contributed by atoms with van der Waals surface area (Å²) in [5, 5.41) is 2.57. The van der Waals surface area contributed by atoms with Gasteiger partial charge in [0.05, 0.1) is 7.11 Å². The van der Waals surface area contributed by atoms with Crippen LogP contribution in [0.3, 0.4) is 0 Å². The highest BCUT2D eigenvalue weighted by atomic mass is 32.2. The molecule has 0 heterocycles. The van der Waals surface area contributed by atoms with E-state index in [0.29, 0.717) is 5.56 Å². The first-order valence-electron chi connectivity index (χ1n) is 8.65. The summed E-state index contributed by atoms with van der Waals surface area (Å²) in [6.45, 7) is 0.258. The molecule has 0 saturated carbocycles. The Morgan fingerprint density at radius 3 is 2.41 bits per heavy atom. The highest BCUT2D eigenvalue weighted by molar-refractivity contribution is 7.89. The molecule has 0 unspecified atom stereocenters. The van der Waals surface area contributed by atoms with E-state index in [1.807, 2.05) is 0 Å². The lowest BCUT2D eigenvalue weighted by atomic mass is 10.1. The normalized spacial score (nSPS) is 11.6. The van der Waals surface area contributed by atoms with Crippen LogP contribution < -0.4 is 19.5 Å². The molecule has 7 nitrogen and oxygen atoms in total. The second kappa shape index (κ2) is 9.66. The summed E-state index contributed by atoms with van der Waals surface area (Å²) < 4.78 is 62.0. The zero-order chi connectivity index (χ0) is 21.6. The molecular formula is C19H22F2N2O5S. The fraction of sp³-hybridized carbons (Fsp3) is 0.316. The predicted molar refractivity (Wildman–Crippen MR) is 103 cm³/mol. The van der Waals surface area contributed by atoms with Crippen LogP contribution in [-0.2, 0) is 16.6 Å². The number of carbonyl (C=O) groups excluding carboxylic acids is 1. The van der Waals surface area contributed by atoms with Crippen molar-refractivity contribution in [3.63, 3.8) is 0 Å². The van der Waals surface area contributed by atoms with Crippen LogP contribution in [0.1, 0.15) is 29.8 Å². The number of ether oxygens (including phenoxy) is 2. The van der Waals surface area contributed by atoms with Gasteiger partial charge in [-0.05, 0) is 38.1 Å². The van der Waals surface area contributed by atoms with Gasteiger partial charge in [-0.2, -0.15) is 8.78 Å². The van der Waals surface area contributed by atoms with Gasteiger partial charge in [0.1, 0.15) is 16.4 Å². The molecule has 0 aliphatic heterocycles. The number of sulfonamides is 1. The van der Waals surface area contributed by atoms with Gasteiger partial charge in [0, 0.05) is 23.7 Å². The minimum Gasteiger partial charge on any atom is -0.495 e. The fourth-order valence-electron chi connectivity index (χ4n) is 2.54. The quantitative estimate of drug-likeness (QED) is 0.641. The van der Waals surface area contributed by atoms with Crippen LogP contribution in [0.15, 0.2) is 47.4 Å². The van der Waals surface area contributed by atoms with Crippen LogP contribution in [0.5, 0.6) is 11.5 Å². The van der Waals surface area contributed by atoms with Gasteiger partial charge in [-0.3, -0.25) is 4.79 Å². The molecule has 10 heteroatoms. The number of alkyl halides is 2. The van der Waals surface area contributed by atoms with Crippen molar-refractivity contribution >= 4 is 15.9 Å². The number of halogens is 2. The topological polar surface area (TPSA) is 93.7 Å². The zero-order valence-electron chi connectivity index (χ0n) is 16.1. The third kappa shape index (κ3) is 6.13. The minimum atomic E-state index is -3.90. The maximum Gasteiger partial charge on any atom is 0.387 e. The van der Waals surface area contributed by atoms with Crippen molar-refractivity contribution in [1.82, 2.24) is 10.0 Å². The van der Waals surface area contributed by atoms with E-state index in [1.165, 1.54) is 43.5 Å². The molecule has 0 spiro atoms. The average molecular weight is 428 g/mol. The Balaban J connectivity index is 2.23. The Labute approximate surface area is 168 Å². The van der Waals surface area contributed by atoms with Gasteiger partial charge < -0.3 is 14.8 Å². The number of benzene rings is 2. The molecule has 2 N–H and O–H groups in total. The van der Waals surface area contributed by atoms with Crippen molar-refractivity contribution in [2.24, 2.45) is 0 Å². The van der Waals surface area contributed by atoms with E-state index in [0.717, 1.165) is 0 Å². The lowest BCUT2D eigenvalue weighted by Gasteiger charge is -2.14. The van der Waals surface area contributed by atoms with Crippen LogP contribution in [0.4, 0.5) is 8.78 Å². The smallest absolute Gasteiger partial charge is 0.387 e. The van der Waals surface area contributed by atoms with E-state index in [2.05, 4.69) is 14.8 Å². The SMILES string of the molecule is COc1ccc(C(=O)NCc2ccccc2OC(F)F)cc1S(=O)(=O)NC(C)C. The Morgan fingerprint density at radius 1 is 1.10 bits per heavy atom. The Kier molecular flexibility index (Phi) is 7.52. The molecule has 0 aliphatic carbocycles.